The third-order valence-electron chi connectivity index (χ3n) is 1.94. The van der Waals surface area contributed by atoms with E-state index in [1.54, 1.807) is 6.07 Å². The molecule has 0 saturated heterocycles. The molecule has 0 amide bonds. The summed E-state index contributed by atoms with van der Waals surface area (Å²) in [5, 5.41) is 27.8. The first-order valence-electron chi connectivity index (χ1n) is 4.67. The molecule has 1 rings (SSSR count). The van der Waals surface area contributed by atoms with Crippen LogP contribution >= 0.6 is 15.9 Å². The van der Waals surface area contributed by atoms with Crippen LogP contribution in [0.2, 0.25) is 0 Å². The van der Waals surface area contributed by atoms with Gasteiger partial charge in [0.25, 0.3) is 0 Å². The van der Waals surface area contributed by atoms with Crippen molar-refractivity contribution in [1.29, 1.82) is 10.7 Å². The number of carboxylic acid groups (broad SMARTS) is 1. The van der Waals surface area contributed by atoms with E-state index < -0.39 is 23.3 Å². The number of nitrogens with one attached hydrogen (secondary N) is 2. The SMILES string of the molecule is N#C/C(=N\Nc1cc(Br)c(C(=O)O)cc1F)C(=N)N. The fraction of sp³-hybridized carbons (Fsp3) is 0. The van der Waals surface area contributed by atoms with Gasteiger partial charge in [-0.25, -0.2) is 9.18 Å². The minimum Gasteiger partial charge on any atom is -0.478 e. The van der Waals surface area contributed by atoms with Crippen molar-refractivity contribution in [3.05, 3.63) is 28.0 Å². The summed E-state index contributed by atoms with van der Waals surface area (Å²) in [6.45, 7) is 0. The maximum absolute atomic E-state index is 13.6. The van der Waals surface area contributed by atoms with E-state index >= 15 is 0 Å². The van der Waals surface area contributed by atoms with Crippen molar-refractivity contribution in [2.45, 2.75) is 0 Å². The van der Waals surface area contributed by atoms with Crippen molar-refractivity contribution >= 4 is 39.1 Å². The monoisotopic (exact) mass is 327 g/mol. The fourth-order valence-corrected chi connectivity index (χ4v) is 1.57. The zero-order valence-corrected chi connectivity index (χ0v) is 10.8. The van der Waals surface area contributed by atoms with Gasteiger partial charge in [-0.05, 0) is 28.1 Å². The molecule has 1 aromatic rings. The lowest BCUT2D eigenvalue weighted by molar-refractivity contribution is 0.0695. The van der Waals surface area contributed by atoms with E-state index in [-0.39, 0.29) is 15.7 Å². The highest BCUT2D eigenvalue weighted by atomic mass is 79.9. The number of nitriles is 1. The standard InChI is InChI=1S/C10H7BrFN5O2/c11-5-2-7(6(12)1-4(5)10(18)19)16-17-8(3-13)9(14)15/h1-2,16H,(H3,14,15)(H,18,19)/b17-8+. The van der Waals surface area contributed by atoms with E-state index in [2.05, 4.69) is 26.5 Å². The molecule has 0 bridgehead atoms. The number of halogens is 2. The molecule has 0 unspecified atom stereocenters. The van der Waals surface area contributed by atoms with Crippen LogP contribution in [0.1, 0.15) is 10.4 Å². The average molecular weight is 328 g/mol. The van der Waals surface area contributed by atoms with E-state index in [1.165, 1.54) is 0 Å². The summed E-state index contributed by atoms with van der Waals surface area (Å²) in [6, 6.07) is 3.49. The number of carboxylic acids is 1. The first kappa shape index (κ1) is 14.6. The number of hydrogen-bond donors (Lipinski definition) is 4. The largest absolute Gasteiger partial charge is 0.478 e. The highest BCUT2D eigenvalue weighted by molar-refractivity contribution is 9.10. The number of nitrogens with two attached hydrogens (primary N) is 1. The van der Waals surface area contributed by atoms with Gasteiger partial charge in [-0.3, -0.25) is 10.8 Å². The van der Waals surface area contributed by atoms with Crippen molar-refractivity contribution in [2.24, 2.45) is 10.8 Å². The molecular weight excluding hydrogens is 321 g/mol. The van der Waals surface area contributed by atoms with Gasteiger partial charge in [0.2, 0.25) is 5.71 Å². The van der Waals surface area contributed by atoms with Crippen LogP contribution in [-0.2, 0) is 0 Å². The maximum Gasteiger partial charge on any atom is 0.336 e. The minimum absolute atomic E-state index is 0.139. The number of aromatic carboxylic acids is 1. The molecular formula is C10H7BrFN5O2. The maximum atomic E-state index is 13.6. The average Bonchev–Trinajstić information content (AvgIpc) is 2.32. The Kier molecular flexibility index (Phi) is 4.55. The van der Waals surface area contributed by atoms with E-state index in [9.17, 15) is 9.18 Å². The van der Waals surface area contributed by atoms with Gasteiger partial charge >= 0.3 is 5.97 Å². The lowest BCUT2D eigenvalue weighted by atomic mass is 10.2. The summed E-state index contributed by atoms with van der Waals surface area (Å²) in [6.07, 6.45) is 0. The highest BCUT2D eigenvalue weighted by Gasteiger charge is 2.13. The third-order valence-corrected chi connectivity index (χ3v) is 2.59. The number of benzene rings is 1. The lowest BCUT2D eigenvalue weighted by Crippen LogP contribution is -2.22. The zero-order chi connectivity index (χ0) is 14.6. The first-order valence-corrected chi connectivity index (χ1v) is 5.46. The molecule has 0 fully saturated rings. The van der Waals surface area contributed by atoms with Gasteiger partial charge in [0.1, 0.15) is 11.9 Å². The number of rotatable bonds is 4. The Morgan fingerprint density at radius 2 is 2.26 bits per heavy atom. The quantitative estimate of drug-likeness (QED) is 0.377. The number of hydrazone groups is 1. The Bertz CT molecular complexity index is 623. The lowest BCUT2D eigenvalue weighted by Gasteiger charge is -2.06. The molecule has 98 valence electrons. The first-order chi connectivity index (χ1) is 8.86. The second-order valence-corrected chi connectivity index (χ2v) is 4.07. The zero-order valence-electron chi connectivity index (χ0n) is 9.24. The predicted molar refractivity (Wildman–Crippen MR) is 69.6 cm³/mol. The topological polar surface area (TPSA) is 135 Å². The van der Waals surface area contributed by atoms with Crippen LogP contribution in [-0.4, -0.2) is 22.6 Å². The smallest absolute Gasteiger partial charge is 0.336 e. The van der Waals surface area contributed by atoms with E-state index in [0.717, 1.165) is 12.1 Å². The summed E-state index contributed by atoms with van der Waals surface area (Å²) >= 11 is 2.97. The highest BCUT2D eigenvalue weighted by Crippen LogP contribution is 2.25. The predicted octanol–water partition coefficient (Wildman–Crippen LogP) is 1.51. The van der Waals surface area contributed by atoms with Gasteiger partial charge in [0, 0.05) is 4.47 Å². The number of amidine groups is 1. The fourth-order valence-electron chi connectivity index (χ4n) is 1.06. The Hall–Kier alpha value is -2.47. The molecule has 5 N–H and O–H groups in total. The Labute approximate surface area is 115 Å². The molecule has 1 aromatic carbocycles. The molecule has 9 heteroatoms. The summed E-state index contributed by atoms with van der Waals surface area (Å²) in [5.41, 5.74) is 6.42. The molecule has 7 nitrogen and oxygen atoms in total. The Morgan fingerprint density at radius 3 is 2.74 bits per heavy atom. The normalized spacial score (nSPS) is 10.7. The molecule has 0 atom stereocenters. The summed E-state index contributed by atoms with van der Waals surface area (Å²) in [5.74, 6) is -2.73. The number of hydrogen-bond acceptors (Lipinski definition) is 5. The minimum atomic E-state index is -1.29. The summed E-state index contributed by atoms with van der Waals surface area (Å²) in [4.78, 5) is 10.8. The van der Waals surface area contributed by atoms with Gasteiger partial charge in [0.05, 0.1) is 11.3 Å². The molecule has 0 aromatic heterocycles. The summed E-state index contributed by atoms with van der Waals surface area (Å²) < 4.78 is 13.7. The van der Waals surface area contributed by atoms with Crippen LogP contribution < -0.4 is 11.2 Å². The van der Waals surface area contributed by atoms with Gasteiger partial charge in [0.15, 0.2) is 5.84 Å². The van der Waals surface area contributed by atoms with Crippen molar-refractivity contribution in [3.8, 4) is 6.07 Å². The van der Waals surface area contributed by atoms with Gasteiger partial charge in [-0.15, -0.1) is 0 Å². The summed E-state index contributed by atoms with van der Waals surface area (Å²) in [7, 11) is 0. The van der Waals surface area contributed by atoms with Crippen molar-refractivity contribution in [1.82, 2.24) is 0 Å². The van der Waals surface area contributed by atoms with Gasteiger partial charge in [-0.1, -0.05) is 0 Å². The molecule has 0 aliphatic heterocycles. The second kappa shape index (κ2) is 5.92. The van der Waals surface area contributed by atoms with Crippen LogP contribution in [0, 0.1) is 22.6 Å². The second-order valence-electron chi connectivity index (χ2n) is 3.21. The number of nitrogens with zero attached hydrogens (tertiary/aromatic N) is 2. The molecule has 0 aliphatic rings. The molecule has 0 saturated carbocycles. The van der Waals surface area contributed by atoms with Crippen LogP contribution in [0.3, 0.4) is 0 Å². The van der Waals surface area contributed by atoms with Crippen LogP contribution in [0.4, 0.5) is 10.1 Å². The van der Waals surface area contributed by atoms with E-state index in [0.29, 0.717) is 0 Å². The molecule has 0 aliphatic carbocycles. The molecule has 0 radical (unpaired) electrons. The van der Waals surface area contributed by atoms with Crippen LogP contribution in [0.5, 0.6) is 0 Å². The van der Waals surface area contributed by atoms with Crippen LogP contribution in [0.15, 0.2) is 21.7 Å². The van der Waals surface area contributed by atoms with Crippen LogP contribution in [0.25, 0.3) is 0 Å². The van der Waals surface area contributed by atoms with Crippen molar-refractivity contribution < 1.29 is 14.3 Å². The number of anilines is 1. The Morgan fingerprint density at radius 1 is 1.63 bits per heavy atom. The molecule has 0 spiro atoms. The van der Waals surface area contributed by atoms with Gasteiger partial charge in [-0.2, -0.15) is 10.4 Å². The van der Waals surface area contributed by atoms with E-state index in [1.807, 2.05) is 0 Å². The molecule has 19 heavy (non-hydrogen) atoms. The van der Waals surface area contributed by atoms with Crippen molar-refractivity contribution in [3.63, 3.8) is 0 Å². The number of carbonyl (C=O) groups is 1. The van der Waals surface area contributed by atoms with Gasteiger partial charge < -0.3 is 10.8 Å². The third kappa shape index (κ3) is 3.49. The Balaban J connectivity index is 3.11. The molecule has 0 heterocycles. The van der Waals surface area contributed by atoms with E-state index in [4.69, 9.17) is 21.5 Å². The van der Waals surface area contributed by atoms with Crippen molar-refractivity contribution in [2.75, 3.05) is 5.43 Å².